The van der Waals surface area contributed by atoms with E-state index in [0.717, 1.165) is 30.6 Å². The molecule has 20 heavy (non-hydrogen) atoms. The summed E-state index contributed by atoms with van der Waals surface area (Å²) in [7, 11) is 1.63. The summed E-state index contributed by atoms with van der Waals surface area (Å²) in [4.78, 5) is 12.2. The molecule has 4 heteroatoms. The third-order valence-electron chi connectivity index (χ3n) is 4.26. The molecule has 0 radical (unpaired) electrons. The number of rotatable bonds is 4. The van der Waals surface area contributed by atoms with E-state index in [9.17, 15) is 4.79 Å². The highest BCUT2D eigenvalue weighted by Gasteiger charge is 2.45. The molecule has 0 spiro atoms. The zero-order chi connectivity index (χ0) is 14.1. The zero-order valence-corrected chi connectivity index (χ0v) is 11.9. The fraction of sp³-hybridized carbons (Fsp3) is 0.562. The lowest BCUT2D eigenvalue weighted by Gasteiger charge is -2.20. The van der Waals surface area contributed by atoms with Crippen LogP contribution in [0.4, 0.5) is 0 Å². The number of benzene rings is 1. The molecule has 4 nitrogen and oxygen atoms in total. The van der Waals surface area contributed by atoms with Crippen LogP contribution in [0.2, 0.25) is 0 Å². The maximum absolute atomic E-state index is 12.2. The molecule has 0 amide bonds. The van der Waals surface area contributed by atoms with E-state index < -0.39 is 0 Å². The average molecular weight is 276 g/mol. The van der Waals surface area contributed by atoms with E-state index in [1.54, 1.807) is 7.11 Å². The molecular formula is C16H20O4. The Bertz CT molecular complexity index is 499. The highest BCUT2D eigenvalue weighted by atomic mass is 16.6. The summed E-state index contributed by atoms with van der Waals surface area (Å²) < 4.78 is 16.5. The van der Waals surface area contributed by atoms with Crippen molar-refractivity contribution in [3.63, 3.8) is 0 Å². The summed E-state index contributed by atoms with van der Waals surface area (Å²) >= 11 is 0. The van der Waals surface area contributed by atoms with Crippen LogP contribution in [-0.2, 0) is 14.3 Å². The normalized spacial score (nSPS) is 29.2. The van der Waals surface area contributed by atoms with Gasteiger partial charge in [-0.1, -0.05) is 12.1 Å². The standard InChI is InChI=1S/C16H20O4/c1-10(11-4-3-5-12(8-11)18-2)19-16(17)14-9-13-6-7-15(14)20-13/h3-5,8,10,13-15H,6-7,9H2,1-2H3/t10-,13-,14+,15-/m1/s1. The first-order valence-electron chi connectivity index (χ1n) is 7.17. The molecule has 108 valence electrons. The number of hydrogen-bond acceptors (Lipinski definition) is 4. The fourth-order valence-corrected chi connectivity index (χ4v) is 3.11. The maximum Gasteiger partial charge on any atom is 0.312 e. The highest BCUT2D eigenvalue weighted by Crippen LogP contribution is 2.40. The van der Waals surface area contributed by atoms with Crippen LogP contribution < -0.4 is 4.74 Å². The Morgan fingerprint density at radius 2 is 2.25 bits per heavy atom. The van der Waals surface area contributed by atoms with Crippen molar-refractivity contribution < 1.29 is 19.0 Å². The summed E-state index contributed by atoms with van der Waals surface area (Å²) in [6.07, 6.45) is 2.96. The second-order valence-electron chi connectivity index (χ2n) is 5.57. The van der Waals surface area contributed by atoms with Crippen molar-refractivity contribution in [2.45, 2.75) is 44.5 Å². The van der Waals surface area contributed by atoms with Gasteiger partial charge in [-0.05, 0) is 43.9 Å². The van der Waals surface area contributed by atoms with Gasteiger partial charge in [-0.15, -0.1) is 0 Å². The molecule has 2 bridgehead atoms. The summed E-state index contributed by atoms with van der Waals surface area (Å²) in [6.45, 7) is 1.89. The SMILES string of the molecule is COc1cccc([C@@H](C)OC(=O)[C@H]2C[C@H]3CC[C@H]2O3)c1. The third-order valence-corrected chi connectivity index (χ3v) is 4.26. The van der Waals surface area contributed by atoms with Crippen molar-refractivity contribution in [2.75, 3.05) is 7.11 Å². The van der Waals surface area contributed by atoms with Crippen LogP contribution in [0.3, 0.4) is 0 Å². The molecule has 1 aromatic rings. The second kappa shape index (κ2) is 5.44. The van der Waals surface area contributed by atoms with Gasteiger partial charge in [0.15, 0.2) is 0 Å². The monoisotopic (exact) mass is 276 g/mol. The molecule has 2 saturated heterocycles. The van der Waals surface area contributed by atoms with Crippen LogP contribution in [-0.4, -0.2) is 25.3 Å². The molecular weight excluding hydrogens is 256 g/mol. The van der Waals surface area contributed by atoms with E-state index in [2.05, 4.69) is 0 Å². The molecule has 2 aliphatic rings. The van der Waals surface area contributed by atoms with Gasteiger partial charge in [-0.2, -0.15) is 0 Å². The topological polar surface area (TPSA) is 44.8 Å². The van der Waals surface area contributed by atoms with E-state index in [-0.39, 0.29) is 30.2 Å². The fourth-order valence-electron chi connectivity index (χ4n) is 3.11. The van der Waals surface area contributed by atoms with Crippen molar-refractivity contribution in [3.8, 4) is 5.75 Å². The highest BCUT2D eigenvalue weighted by molar-refractivity contribution is 5.74. The molecule has 0 aromatic heterocycles. The summed E-state index contributed by atoms with van der Waals surface area (Å²) in [6, 6.07) is 7.62. The second-order valence-corrected chi connectivity index (χ2v) is 5.57. The zero-order valence-electron chi connectivity index (χ0n) is 11.9. The number of carbonyl (C=O) groups excluding carboxylic acids is 1. The number of methoxy groups -OCH3 is 1. The predicted octanol–water partition coefficient (Wildman–Crippen LogP) is 2.87. The molecule has 0 unspecified atom stereocenters. The quantitative estimate of drug-likeness (QED) is 0.793. The molecule has 3 rings (SSSR count). The Labute approximate surface area is 119 Å². The van der Waals surface area contributed by atoms with E-state index >= 15 is 0 Å². The first-order valence-corrected chi connectivity index (χ1v) is 7.17. The van der Waals surface area contributed by atoms with Crippen molar-refractivity contribution in [2.24, 2.45) is 5.92 Å². The van der Waals surface area contributed by atoms with E-state index in [1.807, 2.05) is 31.2 Å². The van der Waals surface area contributed by atoms with Crippen molar-refractivity contribution in [1.82, 2.24) is 0 Å². The van der Waals surface area contributed by atoms with Gasteiger partial charge in [0.2, 0.25) is 0 Å². The summed E-state index contributed by atoms with van der Waals surface area (Å²) in [5, 5.41) is 0. The Morgan fingerprint density at radius 1 is 1.40 bits per heavy atom. The van der Waals surface area contributed by atoms with Crippen LogP contribution in [0, 0.1) is 5.92 Å². The Kier molecular flexibility index (Phi) is 3.66. The number of ether oxygens (including phenoxy) is 3. The lowest BCUT2D eigenvalue weighted by molar-refractivity contribution is -0.155. The van der Waals surface area contributed by atoms with E-state index in [1.165, 1.54) is 0 Å². The maximum atomic E-state index is 12.2. The third kappa shape index (κ3) is 2.52. The summed E-state index contributed by atoms with van der Waals surface area (Å²) in [5.74, 6) is 0.558. The minimum Gasteiger partial charge on any atom is -0.497 e. The minimum atomic E-state index is -0.267. The van der Waals surface area contributed by atoms with E-state index in [4.69, 9.17) is 14.2 Å². The first kappa shape index (κ1) is 13.4. The molecule has 2 fully saturated rings. The molecule has 4 atom stereocenters. The van der Waals surface area contributed by atoms with Crippen LogP contribution in [0.1, 0.15) is 37.9 Å². The summed E-state index contributed by atoms with van der Waals surface area (Å²) in [5.41, 5.74) is 0.946. The van der Waals surface area contributed by atoms with Crippen LogP contribution >= 0.6 is 0 Å². The smallest absolute Gasteiger partial charge is 0.312 e. The number of fused-ring (bicyclic) bond motifs is 2. The molecule has 0 saturated carbocycles. The van der Waals surface area contributed by atoms with Gasteiger partial charge in [0.05, 0.1) is 25.2 Å². The Morgan fingerprint density at radius 3 is 2.90 bits per heavy atom. The van der Waals surface area contributed by atoms with Gasteiger partial charge in [0, 0.05) is 0 Å². The van der Waals surface area contributed by atoms with Gasteiger partial charge in [0.25, 0.3) is 0 Å². The number of carbonyl (C=O) groups is 1. The largest absolute Gasteiger partial charge is 0.497 e. The lowest BCUT2D eigenvalue weighted by Crippen LogP contribution is -2.27. The van der Waals surface area contributed by atoms with Gasteiger partial charge < -0.3 is 14.2 Å². The predicted molar refractivity (Wildman–Crippen MR) is 73.5 cm³/mol. The van der Waals surface area contributed by atoms with Crippen LogP contribution in [0.25, 0.3) is 0 Å². The van der Waals surface area contributed by atoms with Gasteiger partial charge >= 0.3 is 5.97 Å². The van der Waals surface area contributed by atoms with Crippen molar-refractivity contribution >= 4 is 5.97 Å². The van der Waals surface area contributed by atoms with Crippen LogP contribution in [0.5, 0.6) is 5.75 Å². The molecule has 2 heterocycles. The van der Waals surface area contributed by atoms with Gasteiger partial charge in [-0.25, -0.2) is 0 Å². The van der Waals surface area contributed by atoms with Crippen molar-refractivity contribution in [3.05, 3.63) is 29.8 Å². The van der Waals surface area contributed by atoms with Crippen LogP contribution in [0.15, 0.2) is 24.3 Å². The van der Waals surface area contributed by atoms with Crippen molar-refractivity contribution in [1.29, 1.82) is 0 Å². The van der Waals surface area contributed by atoms with Gasteiger partial charge in [-0.3, -0.25) is 4.79 Å². The molecule has 2 aliphatic heterocycles. The average Bonchev–Trinajstić information content (AvgIpc) is 3.10. The Hall–Kier alpha value is -1.55. The molecule has 0 N–H and O–H groups in total. The minimum absolute atomic E-state index is 0.0741. The lowest BCUT2D eigenvalue weighted by atomic mass is 9.89. The molecule has 1 aromatic carbocycles. The van der Waals surface area contributed by atoms with E-state index in [0.29, 0.717) is 0 Å². The van der Waals surface area contributed by atoms with Gasteiger partial charge in [0.1, 0.15) is 11.9 Å². The number of esters is 1. The first-order chi connectivity index (χ1) is 9.67. The number of hydrogen-bond donors (Lipinski definition) is 0. The molecule has 0 aliphatic carbocycles. The Balaban J connectivity index is 1.63.